The van der Waals surface area contributed by atoms with Gasteiger partial charge in [0.25, 0.3) is 5.56 Å². The van der Waals surface area contributed by atoms with Crippen molar-refractivity contribution < 1.29 is 24.8 Å². The topological polar surface area (TPSA) is 177 Å². The number of aromatic nitrogens is 2. The fraction of sp³-hybridized carbons (Fsp3) is 0.556. The fourth-order valence-electron chi connectivity index (χ4n) is 1.69. The number of aliphatic hydroxyl groups is 3. The summed E-state index contributed by atoms with van der Waals surface area (Å²) in [5.41, 5.74) is 9.99. The highest BCUT2D eigenvalue weighted by Gasteiger charge is 2.44. The van der Waals surface area contributed by atoms with Crippen molar-refractivity contribution >= 4 is 11.8 Å². The monoisotopic (exact) mass is 274 g/mol. The van der Waals surface area contributed by atoms with Crippen molar-refractivity contribution in [2.24, 2.45) is 0 Å². The number of aromatic amines is 1. The summed E-state index contributed by atoms with van der Waals surface area (Å²) in [5.74, 6) is -0.848. The summed E-state index contributed by atoms with van der Waals surface area (Å²) < 4.78 is 10.1. The van der Waals surface area contributed by atoms with E-state index in [1.165, 1.54) is 0 Å². The summed E-state index contributed by atoms with van der Waals surface area (Å²) in [5, 5.41) is 28.1. The van der Waals surface area contributed by atoms with Crippen LogP contribution in [0.15, 0.2) is 4.79 Å². The first-order valence-electron chi connectivity index (χ1n) is 5.38. The van der Waals surface area contributed by atoms with Crippen LogP contribution in [-0.4, -0.2) is 56.5 Å². The van der Waals surface area contributed by atoms with Gasteiger partial charge in [-0.1, -0.05) is 0 Å². The Hall–Kier alpha value is -1.88. The van der Waals surface area contributed by atoms with E-state index in [-0.39, 0.29) is 17.5 Å². The van der Waals surface area contributed by atoms with Gasteiger partial charge in [-0.15, -0.1) is 0 Å². The Labute approximate surface area is 106 Å². The minimum absolute atomic E-state index is 0.184. The van der Waals surface area contributed by atoms with Gasteiger partial charge >= 0.3 is 0 Å². The molecule has 1 aromatic rings. The molecule has 8 N–H and O–H groups in total. The average Bonchev–Trinajstić information content (AvgIpc) is 2.61. The van der Waals surface area contributed by atoms with Gasteiger partial charge in [0, 0.05) is 0 Å². The predicted molar refractivity (Wildman–Crippen MR) is 62.1 cm³/mol. The lowest BCUT2D eigenvalue weighted by Crippen LogP contribution is -2.36. The predicted octanol–water partition coefficient (Wildman–Crippen LogP) is -3.25. The third-order valence-electron chi connectivity index (χ3n) is 2.65. The number of hydrogen-bond donors (Lipinski definition) is 6. The maximum absolute atomic E-state index is 11.6. The van der Waals surface area contributed by atoms with Crippen LogP contribution in [0.3, 0.4) is 0 Å². The highest BCUT2D eigenvalue weighted by molar-refractivity contribution is 5.46. The van der Waals surface area contributed by atoms with E-state index in [9.17, 15) is 15.0 Å². The van der Waals surface area contributed by atoms with Gasteiger partial charge in [0.05, 0.1) is 6.61 Å². The van der Waals surface area contributed by atoms with E-state index in [1.807, 2.05) is 0 Å². The molecule has 0 radical (unpaired) electrons. The van der Waals surface area contributed by atoms with Crippen LogP contribution < -0.4 is 21.8 Å². The third kappa shape index (κ3) is 2.46. The Kier molecular flexibility index (Phi) is 3.57. The standard InChI is InChI=1S/C9H14N4O6/c10-6-5(7(17)13-9(11)12-6)19-8-4(16)3(15)2(1-14)18-8/h2-4,8,14-16H,1H2,(H5,10,11,12,13,17). The molecule has 4 atom stereocenters. The lowest BCUT2D eigenvalue weighted by Gasteiger charge is -2.16. The summed E-state index contributed by atoms with van der Waals surface area (Å²) in [6.45, 7) is -0.510. The first-order chi connectivity index (χ1) is 8.93. The summed E-state index contributed by atoms with van der Waals surface area (Å²) in [6, 6.07) is 0. The molecule has 2 heterocycles. The van der Waals surface area contributed by atoms with E-state index in [4.69, 9.17) is 26.0 Å². The first kappa shape index (κ1) is 13.5. The number of hydrogen-bond acceptors (Lipinski definition) is 9. The Balaban J connectivity index is 2.21. The molecule has 1 aliphatic heterocycles. The fourth-order valence-corrected chi connectivity index (χ4v) is 1.69. The lowest BCUT2D eigenvalue weighted by atomic mass is 10.1. The Morgan fingerprint density at radius 3 is 2.58 bits per heavy atom. The van der Waals surface area contributed by atoms with Crippen molar-refractivity contribution in [2.75, 3.05) is 18.1 Å². The van der Waals surface area contributed by atoms with Gasteiger partial charge in [0.15, 0.2) is 5.82 Å². The molecule has 0 aromatic carbocycles. The molecule has 10 nitrogen and oxygen atoms in total. The van der Waals surface area contributed by atoms with E-state index in [2.05, 4.69) is 9.97 Å². The van der Waals surface area contributed by atoms with Crippen LogP contribution in [0.4, 0.5) is 11.8 Å². The maximum atomic E-state index is 11.6. The molecule has 1 fully saturated rings. The number of rotatable bonds is 3. The van der Waals surface area contributed by atoms with Crippen LogP contribution in [0.2, 0.25) is 0 Å². The molecule has 10 heteroatoms. The normalized spacial score (nSPS) is 30.5. The van der Waals surface area contributed by atoms with Gasteiger partial charge in [0.2, 0.25) is 18.0 Å². The Morgan fingerprint density at radius 1 is 1.37 bits per heavy atom. The number of H-pyrrole nitrogens is 1. The van der Waals surface area contributed by atoms with Crippen LogP contribution in [-0.2, 0) is 4.74 Å². The van der Waals surface area contributed by atoms with Crippen molar-refractivity contribution in [1.29, 1.82) is 0 Å². The molecule has 0 saturated carbocycles. The largest absolute Gasteiger partial charge is 0.452 e. The number of nitrogens with two attached hydrogens (primary N) is 2. The zero-order valence-electron chi connectivity index (χ0n) is 9.68. The van der Waals surface area contributed by atoms with Crippen LogP contribution in [0.25, 0.3) is 0 Å². The molecule has 0 bridgehead atoms. The lowest BCUT2D eigenvalue weighted by molar-refractivity contribution is -0.116. The SMILES string of the molecule is Nc1nc(N)c(OC2OC(CO)C(O)C2O)c(=O)[nH]1. The molecule has 1 aromatic heterocycles. The highest BCUT2D eigenvalue weighted by atomic mass is 16.7. The van der Waals surface area contributed by atoms with Gasteiger partial charge in [0.1, 0.15) is 18.3 Å². The molecule has 2 rings (SSSR count). The van der Waals surface area contributed by atoms with Crippen molar-refractivity contribution in [1.82, 2.24) is 9.97 Å². The van der Waals surface area contributed by atoms with Crippen LogP contribution >= 0.6 is 0 Å². The molecule has 4 unspecified atom stereocenters. The van der Waals surface area contributed by atoms with Gasteiger partial charge in [-0.2, -0.15) is 4.98 Å². The smallest absolute Gasteiger partial charge is 0.297 e. The molecule has 0 aliphatic carbocycles. The van der Waals surface area contributed by atoms with Gasteiger partial charge in [-0.05, 0) is 0 Å². The number of anilines is 2. The Bertz CT molecular complexity index is 520. The highest BCUT2D eigenvalue weighted by Crippen LogP contribution is 2.24. The third-order valence-corrected chi connectivity index (χ3v) is 2.65. The van der Waals surface area contributed by atoms with Crippen molar-refractivity contribution in [3.8, 4) is 5.75 Å². The Morgan fingerprint density at radius 2 is 2.05 bits per heavy atom. The summed E-state index contributed by atoms with van der Waals surface area (Å²) >= 11 is 0. The van der Waals surface area contributed by atoms with E-state index < -0.39 is 36.8 Å². The minimum Gasteiger partial charge on any atom is -0.452 e. The van der Waals surface area contributed by atoms with Crippen LogP contribution in [0, 0.1) is 0 Å². The second-order valence-electron chi connectivity index (χ2n) is 3.99. The summed E-state index contributed by atoms with van der Waals surface area (Å²) in [4.78, 5) is 17.3. The quantitative estimate of drug-likeness (QED) is 0.330. The molecule has 19 heavy (non-hydrogen) atoms. The number of nitrogens with zero attached hydrogens (tertiary/aromatic N) is 1. The summed E-state index contributed by atoms with van der Waals surface area (Å²) in [7, 11) is 0. The van der Waals surface area contributed by atoms with Crippen LogP contribution in [0.1, 0.15) is 0 Å². The van der Waals surface area contributed by atoms with E-state index in [0.29, 0.717) is 0 Å². The number of aliphatic hydroxyl groups excluding tert-OH is 3. The van der Waals surface area contributed by atoms with Crippen molar-refractivity contribution in [2.45, 2.75) is 24.6 Å². The van der Waals surface area contributed by atoms with E-state index in [1.54, 1.807) is 0 Å². The van der Waals surface area contributed by atoms with E-state index in [0.717, 1.165) is 0 Å². The summed E-state index contributed by atoms with van der Waals surface area (Å²) in [6.07, 6.45) is -5.13. The van der Waals surface area contributed by atoms with Crippen molar-refractivity contribution in [3.63, 3.8) is 0 Å². The second-order valence-corrected chi connectivity index (χ2v) is 3.99. The number of nitrogens with one attached hydrogen (secondary N) is 1. The van der Waals surface area contributed by atoms with Crippen molar-refractivity contribution in [3.05, 3.63) is 10.4 Å². The molecule has 0 amide bonds. The van der Waals surface area contributed by atoms with Gasteiger partial charge in [-0.3, -0.25) is 9.78 Å². The number of ether oxygens (including phenoxy) is 2. The zero-order chi connectivity index (χ0) is 14.2. The first-order valence-corrected chi connectivity index (χ1v) is 5.38. The second kappa shape index (κ2) is 5.01. The molecular weight excluding hydrogens is 260 g/mol. The molecule has 1 saturated heterocycles. The molecule has 0 spiro atoms. The minimum atomic E-state index is -1.44. The van der Waals surface area contributed by atoms with E-state index >= 15 is 0 Å². The molecule has 106 valence electrons. The van der Waals surface area contributed by atoms with Crippen LogP contribution in [0.5, 0.6) is 5.75 Å². The zero-order valence-corrected chi connectivity index (χ0v) is 9.68. The van der Waals surface area contributed by atoms with Gasteiger partial charge < -0.3 is 36.3 Å². The number of nitrogen functional groups attached to an aromatic ring is 2. The molecular formula is C9H14N4O6. The van der Waals surface area contributed by atoms with Gasteiger partial charge in [-0.25, -0.2) is 0 Å². The average molecular weight is 274 g/mol. The maximum Gasteiger partial charge on any atom is 0.297 e. The molecule has 1 aliphatic rings.